The number of aliphatic hydroxyl groups is 1. The van der Waals surface area contributed by atoms with Crippen molar-refractivity contribution in [3.8, 4) is 0 Å². The highest BCUT2D eigenvalue weighted by molar-refractivity contribution is 6.35. The summed E-state index contributed by atoms with van der Waals surface area (Å²) in [6.07, 6.45) is -2.83. The van der Waals surface area contributed by atoms with E-state index in [4.69, 9.17) is 48.2 Å². The number of fused-ring (bicyclic) bond motifs is 1. The second kappa shape index (κ2) is 12.8. The summed E-state index contributed by atoms with van der Waals surface area (Å²) in [7, 11) is 0. The quantitative estimate of drug-likeness (QED) is 0.364. The van der Waals surface area contributed by atoms with Crippen molar-refractivity contribution in [2.75, 3.05) is 24.5 Å². The maximum Gasteiger partial charge on any atom is 0.490 e. The number of hydrogen-bond donors (Lipinski definition) is 3. The zero-order valence-corrected chi connectivity index (χ0v) is 25.0. The second-order valence-electron chi connectivity index (χ2n) is 10.8. The summed E-state index contributed by atoms with van der Waals surface area (Å²) in [5.74, 6) is -2.66. The molecule has 3 aromatic rings. The number of hydrogen-bond acceptors (Lipinski definition) is 8. The summed E-state index contributed by atoms with van der Waals surface area (Å²) in [5, 5.41) is 32.7. The van der Waals surface area contributed by atoms with Gasteiger partial charge in [0, 0.05) is 42.1 Å². The summed E-state index contributed by atoms with van der Waals surface area (Å²) in [5.41, 5.74) is 3.12. The average molecular weight is 647 g/mol. The minimum absolute atomic E-state index is 0.0935. The number of benzene rings is 1. The molecule has 0 aliphatic carbocycles. The van der Waals surface area contributed by atoms with Crippen LogP contribution in [0.5, 0.6) is 0 Å². The third kappa shape index (κ3) is 7.14. The molecule has 0 saturated carbocycles. The highest BCUT2D eigenvalue weighted by Crippen LogP contribution is 2.33. The molecular weight excluding hydrogens is 616 g/mol. The molecule has 2 aliphatic rings. The lowest BCUT2D eigenvalue weighted by molar-refractivity contribution is -0.192. The van der Waals surface area contributed by atoms with E-state index in [0.717, 1.165) is 42.1 Å². The van der Waals surface area contributed by atoms with Crippen LogP contribution in [-0.4, -0.2) is 95.9 Å². The lowest BCUT2D eigenvalue weighted by Crippen LogP contribution is -2.53. The molecule has 0 radical (unpaired) electrons. The lowest BCUT2D eigenvalue weighted by atomic mass is 9.91. The molecule has 0 amide bonds. The van der Waals surface area contributed by atoms with Gasteiger partial charge in [0.15, 0.2) is 5.65 Å². The molecule has 4 heterocycles. The number of piperidine rings is 1. The van der Waals surface area contributed by atoms with Crippen LogP contribution in [0.2, 0.25) is 10.0 Å². The van der Waals surface area contributed by atoms with E-state index >= 15 is 0 Å². The molecule has 11 nitrogen and oxygen atoms in total. The third-order valence-electron chi connectivity index (χ3n) is 7.79. The van der Waals surface area contributed by atoms with Gasteiger partial charge in [0.2, 0.25) is 0 Å². The molecule has 2 saturated heterocycles. The lowest BCUT2D eigenvalue weighted by Gasteiger charge is -2.42. The van der Waals surface area contributed by atoms with Crippen molar-refractivity contribution in [3.05, 3.63) is 45.7 Å². The van der Waals surface area contributed by atoms with Gasteiger partial charge in [0.05, 0.1) is 24.0 Å². The van der Waals surface area contributed by atoms with Gasteiger partial charge < -0.3 is 20.2 Å². The van der Waals surface area contributed by atoms with Gasteiger partial charge >= 0.3 is 18.1 Å². The Hall–Kier alpha value is -3.20. The normalized spacial score (nSPS) is 23.6. The first kappa shape index (κ1) is 32.7. The monoisotopic (exact) mass is 646 g/mol. The van der Waals surface area contributed by atoms with E-state index in [1.165, 1.54) is 0 Å². The highest BCUT2D eigenvalue weighted by atomic mass is 35.5. The Morgan fingerprint density at radius 1 is 1.16 bits per heavy atom. The Morgan fingerprint density at radius 3 is 2.42 bits per heavy atom. The number of likely N-dealkylation sites (tertiary alicyclic amines) is 1. The third-order valence-corrected chi connectivity index (χ3v) is 8.36. The van der Waals surface area contributed by atoms with E-state index in [1.54, 1.807) is 12.3 Å². The molecule has 0 unspecified atom stereocenters. The van der Waals surface area contributed by atoms with E-state index in [2.05, 4.69) is 11.8 Å². The second-order valence-corrected chi connectivity index (χ2v) is 11.6. The number of halogens is 5. The van der Waals surface area contributed by atoms with Crippen LogP contribution in [0.3, 0.4) is 0 Å². The minimum atomic E-state index is -5.08. The first-order valence-corrected chi connectivity index (χ1v) is 14.2. The standard InChI is InChI=1S/C25H30Cl2N6O3.C2HF3O2/c1-13-11-31(7-6-20(13)32-12-17(34)9-21(32)25(35)36)22-10-28-23-14(2)30-33(24(23)29-22)15(3)18-5-4-16(26)8-19(18)27;3-2(4,5)1(6)7/h4-5,8,10,13,15,17,20-21,34H,6-7,9,11-12H2,1-3H3,(H,35,36);(H,6,7)/t13-,15-,17-,20+,21+;/m1./s1. The molecule has 5 atom stereocenters. The van der Waals surface area contributed by atoms with E-state index in [1.807, 2.05) is 35.6 Å². The van der Waals surface area contributed by atoms with Crippen molar-refractivity contribution in [1.82, 2.24) is 24.6 Å². The fourth-order valence-electron chi connectivity index (χ4n) is 5.72. The first-order chi connectivity index (χ1) is 20.1. The maximum absolute atomic E-state index is 11.7. The largest absolute Gasteiger partial charge is 0.490 e. The molecule has 1 aromatic carbocycles. The van der Waals surface area contributed by atoms with Crippen molar-refractivity contribution in [2.24, 2.45) is 5.92 Å². The summed E-state index contributed by atoms with van der Waals surface area (Å²) in [4.78, 5) is 34.5. The molecular formula is C27H31Cl2F3N6O5. The van der Waals surface area contributed by atoms with Gasteiger partial charge in [-0.2, -0.15) is 18.3 Å². The fourth-order valence-corrected chi connectivity index (χ4v) is 6.28. The average Bonchev–Trinajstić information content (AvgIpc) is 3.47. The number of aryl methyl sites for hydroxylation is 1. The van der Waals surface area contributed by atoms with Crippen LogP contribution in [0.25, 0.3) is 11.2 Å². The van der Waals surface area contributed by atoms with Gasteiger partial charge in [-0.3, -0.25) is 9.69 Å². The Bertz CT molecular complexity index is 1510. The van der Waals surface area contributed by atoms with E-state index < -0.39 is 30.3 Å². The topological polar surface area (TPSA) is 145 Å². The van der Waals surface area contributed by atoms with Crippen LogP contribution in [-0.2, 0) is 9.59 Å². The molecule has 3 N–H and O–H groups in total. The van der Waals surface area contributed by atoms with E-state index in [-0.39, 0.29) is 24.4 Å². The Kier molecular flexibility index (Phi) is 9.74. The number of aliphatic carboxylic acids is 2. The molecule has 0 spiro atoms. The molecule has 2 aliphatic heterocycles. The van der Waals surface area contributed by atoms with Crippen LogP contribution < -0.4 is 4.90 Å². The number of β-amino-alcohol motifs (C(OH)–C–C–N with tert-alkyl or cyclic N) is 1. The zero-order chi connectivity index (χ0) is 31.8. The van der Waals surface area contributed by atoms with Crippen molar-refractivity contribution in [3.63, 3.8) is 0 Å². The summed E-state index contributed by atoms with van der Waals surface area (Å²) in [6, 6.07) is 4.74. The van der Waals surface area contributed by atoms with Crippen molar-refractivity contribution in [1.29, 1.82) is 0 Å². The Labute approximate surface area is 254 Å². The number of nitrogens with zero attached hydrogens (tertiary/aromatic N) is 6. The molecule has 43 heavy (non-hydrogen) atoms. The predicted octanol–water partition coefficient (Wildman–Crippen LogP) is 4.42. The number of aliphatic hydroxyl groups excluding tert-OH is 1. The summed E-state index contributed by atoms with van der Waals surface area (Å²) >= 11 is 12.6. The van der Waals surface area contributed by atoms with Gasteiger partial charge in [-0.05, 0) is 43.9 Å². The molecule has 16 heteroatoms. The molecule has 5 rings (SSSR count). The van der Waals surface area contributed by atoms with Crippen LogP contribution in [0.15, 0.2) is 24.4 Å². The van der Waals surface area contributed by atoms with Crippen LogP contribution in [0.4, 0.5) is 19.0 Å². The number of carboxylic acids is 2. The first-order valence-electron chi connectivity index (χ1n) is 13.5. The van der Waals surface area contributed by atoms with E-state index in [0.29, 0.717) is 22.2 Å². The summed E-state index contributed by atoms with van der Waals surface area (Å²) in [6.45, 7) is 7.91. The van der Waals surface area contributed by atoms with Gasteiger partial charge in [-0.25, -0.2) is 19.4 Å². The summed E-state index contributed by atoms with van der Waals surface area (Å²) < 4.78 is 33.6. The van der Waals surface area contributed by atoms with Crippen molar-refractivity contribution < 1.29 is 38.1 Å². The van der Waals surface area contributed by atoms with Gasteiger partial charge in [-0.1, -0.05) is 36.2 Å². The van der Waals surface area contributed by atoms with Crippen molar-refractivity contribution in [2.45, 2.75) is 64.0 Å². The maximum atomic E-state index is 11.7. The smallest absolute Gasteiger partial charge is 0.480 e. The molecule has 2 fully saturated rings. The highest BCUT2D eigenvalue weighted by Gasteiger charge is 2.43. The number of carbonyl (C=O) groups is 2. The number of carboxylic acid groups (broad SMARTS) is 2. The minimum Gasteiger partial charge on any atom is -0.480 e. The van der Waals surface area contributed by atoms with Gasteiger partial charge in [0.25, 0.3) is 0 Å². The fraction of sp³-hybridized carbons (Fsp3) is 0.519. The number of alkyl halides is 3. The number of aromatic nitrogens is 4. The van der Waals surface area contributed by atoms with Crippen LogP contribution in [0, 0.1) is 12.8 Å². The van der Waals surface area contributed by atoms with Crippen LogP contribution in [0.1, 0.15) is 44.0 Å². The Balaban J connectivity index is 0.000000541. The van der Waals surface area contributed by atoms with Gasteiger partial charge in [-0.15, -0.1) is 0 Å². The van der Waals surface area contributed by atoms with Crippen molar-refractivity contribution >= 4 is 52.1 Å². The van der Waals surface area contributed by atoms with E-state index in [9.17, 15) is 28.2 Å². The SMILES string of the molecule is Cc1nn([C@H](C)c2ccc(Cl)cc2Cl)c2nc(N3CC[C@H](N4C[C@H](O)C[C@H]4C(=O)O)[C@H](C)C3)cnc12.O=C(O)C(F)(F)F. The van der Waals surface area contributed by atoms with Gasteiger partial charge in [0.1, 0.15) is 17.4 Å². The van der Waals surface area contributed by atoms with Crippen LogP contribution >= 0.6 is 23.2 Å². The number of rotatable bonds is 5. The molecule has 0 bridgehead atoms. The molecule has 2 aromatic heterocycles. The molecule has 234 valence electrons. The number of anilines is 1. The predicted molar refractivity (Wildman–Crippen MR) is 153 cm³/mol. The zero-order valence-electron chi connectivity index (χ0n) is 23.5. The Morgan fingerprint density at radius 2 is 1.84 bits per heavy atom.